The highest BCUT2D eigenvalue weighted by Crippen LogP contribution is 2.19. The van der Waals surface area contributed by atoms with E-state index in [9.17, 15) is 18.4 Å². The molecule has 2 N–H and O–H groups in total. The van der Waals surface area contributed by atoms with Crippen molar-refractivity contribution < 1.29 is 18.4 Å². The summed E-state index contributed by atoms with van der Waals surface area (Å²) in [6, 6.07) is 11.1. The van der Waals surface area contributed by atoms with E-state index in [0.29, 0.717) is 5.78 Å². The highest BCUT2D eigenvalue weighted by atomic mass is 19.3. The van der Waals surface area contributed by atoms with Gasteiger partial charge in [0.15, 0.2) is 0 Å². The van der Waals surface area contributed by atoms with Crippen LogP contribution in [0.4, 0.5) is 14.6 Å². The van der Waals surface area contributed by atoms with E-state index >= 15 is 0 Å². The fourth-order valence-electron chi connectivity index (χ4n) is 3.00. The van der Waals surface area contributed by atoms with Crippen molar-refractivity contribution >= 4 is 23.4 Å². The summed E-state index contributed by atoms with van der Waals surface area (Å²) in [4.78, 5) is 33.7. The number of aryl methyl sites for hydroxylation is 1. The van der Waals surface area contributed by atoms with Crippen molar-refractivity contribution in [1.29, 1.82) is 0 Å². The van der Waals surface area contributed by atoms with Crippen molar-refractivity contribution in [2.75, 3.05) is 11.9 Å². The summed E-state index contributed by atoms with van der Waals surface area (Å²) in [5, 5.41) is 8.54. The van der Waals surface area contributed by atoms with E-state index in [1.54, 1.807) is 16.7 Å². The zero-order chi connectivity index (χ0) is 22.0. The standard InChI is InChI=1S/C20H17F2N7O2/c1-28-17(13(9-24-28)18(30)23-10-15(21)22)19(31)26-16-7-8-29-11-14(25-20(29)27-16)12-5-3-2-4-6-12/h2-9,11,15H,10H2,1H3,(H,23,30)(H,25,26,27,31). The van der Waals surface area contributed by atoms with Crippen LogP contribution in [0.15, 0.2) is 55.0 Å². The second kappa shape index (κ2) is 8.30. The first kappa shape index (κ1) is 20.1. The summed E-state index contributed by atoms with van der Waals surface area (Å²) in [5.41, 5.74) is 1.45. The lowest BCUT2D eigenvalue weighted by Crippen LogP contribution is -2.30. The number of rotatable bonds is 6. The average Bonchev–Trinajstić information content (AvgIpc) is 3.36. The van der Waals surface area contributed by atoms with Gasteiger partial charge < -0.3 is 10.6 Å². The van der Waals surface area contributed by atoms with Gasteiger partial charge >= 0.3 is 0 Å². The van der Waals surface area contributed by atoms with Crippen molar-refractivity contribution in [2.45, 2.75) is 6.43 Å². The highest BCUT2D eigenvalue weighted by molar-refractivity contribution is 6.10. The molecule has 0 fully saturated rings. The Morgan fingerprint density at radius 2 is 1.87 bits per heavy atom. The van der Waals surface area contributed by atoms with E-state index in [0.717, 1.165) is 17.5 Å². The maximum Gasteiger partial charge on any atom is 0.275 e. The molecule has 3 heterocycles. The number of halogens is 2. The van der Waals surface area contributed by atoms with Crippen molar-refractivity contribution in [1.82, 2.24) is 29.5 Å². The fourth-order valence-corrected chi connectivity index (χ4v) is 3.00. The van der Waals surface area contributed by atoms with Gasteiger partial charge in [0, 0.05) is 25.0 Å². The SMILES string of the molecule is Cn1ncc(C(=O)NCC(F)F)c1C(=O)Nc1ccn2cc(-c3ccccc3)nc2n1. The smallest absolute Gasteiger partial charge is 0.275 e. The second-order valence-corrected chi connectivity index (χ2v) is 6.60. The topological polar surface area (TPSA) is 106 Å². The molecule has 1 aromatic carbocycles. The van der Waals surface area contributed by atoms with Gasteiger partial charge in [-0.2, -0.15) is 10.1 Å². The first-order valence-electron chi connectivity index (χ1n) is 9.23. The number of hydrogen-bond donors (Lipinski definition) is 2. The predicted molar refractivity (Wildman–Crippen MR) is 108 cm³/mol. The summed E-state index contributed by atoms with van der Waals surface area (Å²) in [6.07, 6.45) is 1.95. The first-order valence-corrected chi connectivity index (χ1v) is 9.23. The van der Waals surface area contributed by atoms with Gasteiger partial charge in [-0.05, 0) is 6.07 Å². The van der Waals surface area contributed by atoms with E-state index < -0.39 is 24.8 Å². The maximum atomic E-state index is 12.8. The number of fused-ring (bicyclic) bond motifs is 1. The number of benzene rings is 1. The summed E-state index contributed by atoms with van der Waals surface area (Å²) < 4.78 is 27.6. The Labute approximate surface area is 174 Å². The highest BCUT2D eigenvalue weighted by Gasteiger charge is 2.23. The molecule has 4 rings (SSSR count). The Bertz CT molecular complexity index is 1250. The van der Waals surface area contributed by atoms with Crippen LogP contribution in [0.2, 0.25) is 0 Å². The summed E-state index contributed by atoms with van der Waals surface area (Å²) in [5.74, 6) is -0.893. The van der Waals surface area contributed by atoms with Gasteiger partial charge in [-0.15, -0.1) is 0 Å². The maximum absolute atomic E-state index is 12.8. The molecule has 9 nitrogen and oxygen atoms in total. The monoisotopic (exact) mass is 425 g/mol. The predicted octanol–water partition coefficient (Wildman–Crippen LogP) is 2.38. The van der Waals surface area contributed by atoms with Crippen LogP contribution in [-0.4, -0.2) is 48.9 Å². The minimum absolute atomic E-state index is 0.0817. The zero-order valence-electron chi connectivity index (χ0n) is 16.3. The molecule has 0 unspecified atom stereocenters. The van der Waals surface area contributed by atoms with E-state index in [1.165, 1.54) is 11.7 Å². The van der Waals surface area contributed by atoms with Crippen molar-refractivity contribution in [2.24, 2.45) is 7.05 Å². The van der Waals surface area contributed by atoms with Crippen LogP contribution in [0.25, 0.3) is 17.0 Å². The Kier molecular flexibility index (Phi) is 5.39. The third kappa shape index (κ3) is 4.25. The molecule has 0 atom stereocenters. The number of nitrogens with one attached hydrogen (secondary N) is 2. The molecular weight excluding hydrogens is 408 g/mol. The van der Waals surface area contributed by atoms with Gasteiger partial charge in [0.1, 0.15) is 11.5 Å². The molecule has 0 aliphatic rings. The second-order valence-electron chi connectivity index (χ2n) is 6.60. The molecule has 0 aliphatic carbocycles. The average molecular weight is 425 g/mol. The molecule has 4 aromatic rings. The minimum atomic E-state index is -2.70. The van der Waals surface area contributed by atoms with Crippen LogP contribution in [0.5, 0.6) is 0 Å². The van der Waals surface area contributed by atoms with Gasteiger partial charge in [-0.25, -0.2) is 13.8 Å². The van der Waals surface area contributed by atoms with Crippen molar-refractivity contribution in [3.8, 4) is 11.3 Å². The molecule has 0 aliphatic heterocycles. The van der Waals surface area contributed by atoms with Gasteiger partial charge in [-0.3, -0.25) is 18.7 Å². The molecule has 0 spiro atoms. The molecule has 0 saturated carbocycles. The number of anilines is 1. The Hall–Kier alpha value is -4.15. The van der Waals surface area contributed by atoms with Crippen molar-refractivity contribution in [3.05, 3.63) is 66.2 Å². The molecule has 11 heteroatoms. The van der Waals surface area contributed by atoms with E-state index in [2.05, 4.69) is 25.7 Å². The number of nitrogens with zero attached hydrogens (tertiary/aromatic N) is 5. The van der Waals surface area contributed by atoms with E-state index in [1.807, 2.05) is 36.5 Å². The number of imidazole rings is 1. The van der Waals surface area contributed by atoms with Crippen LogP contribution < -0.4 is 10.6 Å². The molecule has 3 aromatic heterocycles. The van der Waals surface area contributed by atoms with Crippen LogP contribution in [0.1, 0.15) is 20.8 Å². The lowest BCUT2D eigenvalue weighted by Gasteiger charge is -2.08. The molecule has 31 heavy (non-hydrogen) atoms. The summed E-state index contributed by atoms with van der Waals surface area (Å²) in [6.45, 7) is -0.823. The Morgan fingerprint density at radius 1 is 1.10 bits per heavy atom. The van der Waals surface area contributed by atoms with Gasteiger partial charge in [0.25, 0.3) is 18.2 Å². The molecule has 0 bridgehead atoms. The third-order valence-corrected chi connectivity index (χ3v) is 4.45. The number of hydrogen-bond acceptors (Lipinski definition) is 5. The van der Waals surface area contributed by atoms with Crippen LogP contribution in [0.3, 0.4) is 0 Å². The number of alkyl halides is 2. The van der Waals surface area contributed by atoms with E-state index in [-0.39, 0.29) is 17.1 Å². The Balaban J connectivity index is 1.56. The van der Waals surface area contributed by atoms with Gasteiger partial charge in [0.05, 0.1) is 24.0 Å². The number of amides is 2. The largest absolute Gasteiger partial charge is 0.346 e. The fraction of sp³-hybridized carbons (Fsp3) is 0.150. The van der Waals surface area contributed by atoms with Gasteiger partial charge in [-0.1, -0.05) is 30.3 Å². The van der Waals surface area contributed by atoms with Crippen LogP contribution >= 0.6 is 0 Å². The zero-order valence-corrected chi connectivity index (χ0v) is 16.3. The first-order chi connectivity index (χ1) is 14.9. The number of carbonyl (C=O) groups excluding carboxylic acids is 2. The molecule has 0 radical (unpaired) electrons. The lowest BCUT2D eigenvalue weighted by atomic mass is 10.2. The quantitative estimate of drug-likeness (QED) is 0.493. The summed E-state index contributed by atoms with van der Waals surface area (Å²) >= 11 is 0. The number of aromatic nitrogens is 5. The van der Waals surface area contributed by atoms with Crippen LogP contribution in [0, 0.1) is 0 Å². The van der Waals surface area contributed by atoms with Crippen molar-refractivity contribution in [3.63, 3.8) is 0 Å². The van der Waals surface area contributed by atoms with Gasteiger partial charge in [0.2, 0.25) is 5.78 Å². The summed E-state index contributed by atoms with van der Waals surface area (Å²) in [7, 11) is 1.47. The third-order valence-electron chi connectivity index (χ3n) is 4.45. The molecular formula is C20H17F2N7O2. The molecule has 2 amide bonds. The van der Waals surface area contributed by atoms with Crippen LogP contribution in [-0.2, 0) is 7.05 Å². The molecule has 158 valence electrons. The molecule has 0 saturated heterocycles. The normalized spacial score (nSPS) is 11.1. The minimum Gasteiger partial charge on any atom is -0.346 e. The lowest BCUT2D eigenvalue weighted by molar-refractivity contribution is 0.0884. The Morgan fingerprint density at radius 3 is 2.61 bits per heavy atom. The van der Waals surface area contributed by atoms with E-state index in [4.69, 9.17) is 0 Å². The number of carbonyl (C=O) groups is 2.